The van der Waals surface area contributed by atoms with Crippen LogP contribution in [-0.2, 0) is 0 Å². The van der Waals surface area contributed by atoms with Crippen LogP contribution in [0.1, 0.15) is 15.9 Å². The minimum absolute atomic E-state index is 0.390. The van der Waals surface area contributed by atoms with Crippen molar-refractivity contribution < 1.29 is 4.79 Å². The maximum atomic E-state index is 11.4. The van der Waals surface area contributed by atoms with E-state index in [1.807, 2.05) is 30.5 Å². The third-order valence-corrected chi connectivity index (χ3v) is 4.11. The summed E-state index contributed by atoms with van der Waals surface area (Å²) in [4.78, 5) is 15.8. The number of para-hydroxylation sites is 1. The molecule has 0 saturated heterocycles. The summed E-state index contributed by atoms with van der Waals surface area (Å²) in [7, 11) is 0. The topological polar surface area (TPSA) is 109 Å². The lowest BCUT2D eigenvalue weighted by Gasteiger charge is -2.04. The molecule has 2 heterocycles. The summed E-state index contributed by atoms with van der Waals surface area (Å²) in [6.07, 6.45) is 1.82. The largest absolute Gasteiger partial charge is 0.366 e. The first kappa shape index (κ1) is 16.3. The molecule has 0 fully saturated rings. The number of hydrogen-bond donors (Lipinski definition) is 2. The van der Waals surface area contributed by atoms with Crippen LogP contribution in [0, 0.1) is 11.3 Å². The molecule has 0 unspecified atom stereocenters. The van der Waals surface area contributed by atoms with Crippen molar-refractivity contribution in [2.45, 2.75) is 0 Å². The molecular formula is C20H14N6O. The Labute approximate surface area is 154 Å². The predicted molar refractivity (Wildman–Crippen MR) is 101 cm³/mol. The van der Waals surface area contributed by atoms with E-state index in [1.54, 1.807) is 40.9 Å². The van der Waals surface area contributed by atoms with Crippen molar-refractivity contribution in [2.75, 3.05) is 5.32 Å². The lowest BCUT2D eigenvalue weighted by molar-refractivity contribution is 0.100. The van der Waals surface area contributed by atoms with E-state index in [-0.39, 0.29) is 0 Å². The Hall–Kier alpha value is -4.18. The highest BCUT2D eigenvalue weighted by atomic mass is 16.1. The molecule has 7 nitrogen and oxygen atoms in total. The van der Waals surface area contributed by atoms with Gasteiger partial charge in [-0.25, -0.2) is 4.52 Å². The van der Waals surface area contributed by atoms with Crippen LogP contribution < -0.4 is 11.1 Å². The number of aromatic nitrogens is 3. The molecule has 27 heavy (non-hydrogen) atoms. The molecule has 0 radical (unpaired) electrons. The second-order valence-electron chi connectivity index (χ2n) is 5.88. The number of amides is 1. The molecule has 0 spiro atoms. The smallest absolute Gasteiger partial charge is 0.248 e. The number of hydrogen-bond acceptors (Lipinski definition) is 5. The van der Waals surface area contributed by atoms with E-state index in [9.17, 15) is 10.1 Å². The fourth-order valence-corrected chi connectivity index (χ4v) is 2.77. The summed E-state index contributed by atoms with van der Waals surface area (Å²) < 4.78 is 1.64. The van der Waals surface area contributed by atoms with Gasteiger partial charge in [0.1, 0.15) is 6.07 Å². The van der Waals surface area contributed by atoms with Crippen LogP contribution >= 0.6 is 0 Å². The highest BCUT2D eigenvalue weighted by molar-refractivity contribution is 5.94. The molecule has 0 bridgehead atoms. The van der Waals surface area contributed by atoms with E-state index in [4.69, 9.17) is 5.73 Å². The van der Waals surface area contributed by atoms with Gasteiger partial charge in [0.25, 0.3) is 0 Å². The molecule has 1 amide bonds. The summed E-state index contributed by atoms with van der Waals surface area (Å²) >= 11 is 0. The molecule has 0 aliphatic carbocycles. The van der Waals surface area contributed by atoms with Crippen LogP contribution in [0.4, 0.5) is 11.6 Å². The molecule has 4 rings (SSSR count). The number of rotatable bonds is 4. The number of pyridine rings is 1. The van der Waals surface area contributed by atoms with Crippen LogP contribution in [0.5, 0.6) is 0 Å². The Balaban J connectivity index is 1.69. The number of nitrogens with zero attached hydrogens (tertiary/aromatic N) is 4. The van der Waals surface area contributed by atoms with Crippen molar-refractivity contribution in [3.63, 3.8) is 0 Å². The number of primary amides is 1. The van der Waals surface area contributed by atoms with E-state index in [2.05, 4.69) is 21.5 Å². The second kappa shape index (κ2) is 6.61. The van der Waals surface area contributed by atoms with Crippen molar-refractivity contribution in [1.29, 1.82) is 5.26 Å². The molecule has 4 aromatic rings. The quantitative estimate of drug-likeness (QED) is 0.585. The normalized spacial score (nSPS) is 10.5. The molecule has 130 valence electrons. The first-order valence-corrected chi connectivity index (χ1v) is 8.17. The molecule has 0 aliphatic rings. The number of nitrogens with one attached hydrogen (secondary N) is 1. The number of nitrogens with two attached hydrogens (primary N) is 1. The van der Waals surface area contributed by atoms with Gasteiger partial charge < -0.3 is 11.1 Å². The van der Waals surface area contributed by atoms with Gasteiger partial charge in [-0.1, -0.05) is 24.3 Å². The zero-order valence-electron chi connectivity index (χ0n) is 14.1. The Morgan fingerprint density at radius 3 is 2.74 bits per heavy atom. The molecule has 0 aliphatic heterocycles. The fourth-order valence-electron chi connectivity index (χ4n) is 2.77. The predicted octanol–water partition coefficient (Wildman–Crippen LogP) is 3.11. The molecule has 0 saturated carbocycles. The minimum Gasteiger partial charge on any atom is -0.366 e. The van der Waals surface area contributed by atoms with Crippen molar-refractivity contribution in [3.05, 3.63) is 78.0 Å². The van der Waals surface area contributed by atoms with Crippen molar-refractivity contribution in [1.82, 2.24) is 14.6 Å². The van der Waals surface area contributed by atoms with Gasteiger partial charge in [-0.15, -0.1) is 5.10 Å². The summed E-state index contributed by atoms with van der Waals surface area (Å²) in [6.45, 7) is 0. The number of carbonyl (C=O) groups is 1. The molecule has 7 heteroatoms. The van der Waals surface area contributed by atoms with Gasteiger partial charge in [-0.2, -0.15) is 10.2 Å². The van der Waals surface area contributed by atoms with Gasteiger partial charge in [-0.3, -0.25) is 4.79 Å². The van der Waals surface area contributed by atoms with E-state index in [0.29, 0.717) is 28.4 Å². The number of carbonyl (C=O) groups excluding carboxylic acids is 1. The highest BCUT2D eigenvalue weighted by Gasteiger charge is 2.09. The minimum atomic E-state index is -0.471. The van der Waals surface area contributed by atoms with E-state index in [1.165, 1.54) is 0 Å². The van der Waals surface area contributed by atoms with Crippen LogP contribution in [0.2, 0.25) is 0 Å². The molecule has 0 atom stereocenters. The zero-order valence-corrected chi connectivity index (χ0v) is 14.1. The zero-order chi connectivity index (χ0) is 18.8. The first-order chi connectivity index (χ1) is 13.1. The Kier molecular flexibility index (Phi) is 3.99. The third-order valence-electron chi connectivity index (χ3n) is 4.11. The summed E-state index contributed by atoms with van der Waals surface area (Å²) in [5.74, 6) is -0.0814. The van der Waals surface area contributed by atoms with Crippen LogP contribution in [0.15, 0.2) is 66.9 Å². The summed E-state index contributed by atoms with van der Waals surface area (Å²) in [5.41, 5.74) is 9.34. The number of fused-ring (bicyclic) bond motifs is 1. The Morgan fingerprint density at radius 2 is 1.93 bits per heavy atom. The first-order valence-electron chi connectivity index (χ1n) is 8.17. The average Bonchev–Trinajstić information content (AvgIpc) is 3.10. The van der Waals surface area contributed by atoms with Gasteiger partial charge in [0.2, 0.25) is 11.9 Å². The lowest BCUT2D eigenvalue weighted by Crippen LogP contribution is -2.10. The second-order valence-corrected chi connectivity index (χ2v) is 5.88. The standard InChI is InChI=1S/C20H14N6O/c21-11-15-4-1-2-7-17(15)23-20-24-18-9-8-16(12-26(18)25-20)13-5-3-6-14(10-13)19(22)27/h1-10,12H,(H2,22,27)(H,23,25). The van der Waals surface area contributed by atoms with Gasteiger partial charge in [0, 0.05) is 17.3 Å². The highest BCUT2D eigenvalue weighted by Crippen LogP contribution is 2.22. The lowest BCUT2D eigenvalue weighted by atomic mass is 10.0. The van der Waals surface area contributed by atoms with Crippen molar-refractivity contribution >= 4 is 23.2 Å². The Morgan fingerprint density at radius 1 is 1.07 bits per heavy atom. The summed E-state index contributed by atoms with van der Waals surface area (Å²) in [5, 5.41) is 16.7. The van der Waals surface area contributed by atoms with Gasteiger partial charge in [-0.05, 0) is 42.0 Å². The maximum Gasteiger partial charge on any atom is 0.248 e. The van der Waals surface area contributed by atoms with Crippen molar-refractivity contribution in [3.8, 4) is 17.2 Å². The van der Waals surface area contributed by atoms with Crippen LogP contribution in [-0.4, -0.2) is 20.5 Å². The van der Waals surface area contributed by atoms with Crippen LogP contribution in [0.3, 0.4) is 0 Å². The Bertz CT molecular complexity index is 1200. The molecular weight excluding hydrogens is 340 g/mol. The SMILES string of the molecule is N#Cc1ccccc1Nc1nc2ccc(-c3cccc(C(N)=O)c3)cn2n1. The average molecular weight is 354 g/mol. The van der Waals surface area contributed by atoms with Crippen LogP contribution in [0.25, 0.3) is 16.8 Å². The number of benzene rings is 2. The molecule has 2 aromatic heterocycles. The monoisotopic (exact) mass is 354 g/mol. The number of nitriles is 1. The summed E-state index contributed by atoms with van der Waals surface area (Å²) in [6, 6.07) is 20.1. The van der Waals surface area contributed by atoms with E-state index >= 15 is 0 Å². The van der Waals surface area contributed by atoms with Crippen molar-refractivity contribution in [2.24, 2.45) is 5.73 Å². The van der Waals surface area contributed by atoms with Gasteiger partial charge in [0.05, 0.1) is 11.3 Å². The van der Waals surface area contributed by atoms with E-state index in [0.717, 1.165) is 11.1 Å². The molecule has 2 aromatic carbocycles. The van der Waals surface area contributed by atoms with Gasteiger partial charge >= 0.3 is 0 Å². The third kappa shape index (κ3) is 3.19. The maximum absolute atomic E-state index is 11.4. The van der Waals surface area contributed by atoms with Gasteiger partial charge in [0.15, 0.2) is 5.65 Å². The molecule has 3 N–H and O–H groups in total. The number of anilines is 2. The van der Waals surface area contributed by atoms with E-state index < -0.39 is 5.91 Å². The fraction of sp³-hybridized carbons (Fsp3) is 0.